The Morgan fingerprint density at radius 2 is 1.46 bits per heavy atom. The van der Waals surface area contributed by atoms with Crippen molar-refractivity contribution < 1.29 is 4.74 Å². The van der Waals surface area contributed by atoms with Crippen LogP contribution in [-0.4, -0.2) is 14.5 Å². The monoisotopic (exact) mass is 671 g/mol. The van der Waals surface area contributed by atoms with Crippen LogP contribution in [0.4, 0.5) is 0 Å². The maximum Gasteiger partial charge on any atom is 0.160 e. The van der Waals surface area contributed by atoms with Gasteiger partial charge in [0.05, 0.1) is 17.1 Å². The summed E-state index contributed by atoms with van der Waals surface area (Å²) >= 11 is 0. The molecule has 4 aromatic carbocycles. The molecule has 52 heavy (non-hydrogen) atoms. The second kappa shape index (κ2) is 12.8. The number of rotatable bonds is 5. The van der Waals surface area contributed by atoms with E-state index in [1.165, 1.54) is 46.5 Å². The van der Waals surface area contributed by atoms with Crippen LogP contribution >= 0.6 is 0 Å². The van der Waals surface area contributed by atoms with Crippen LogP contribution in [0.2, 0.25) is 0 Å². The fraction of sp³-hybridized carbons (Fsp3) is 0.146. The molecular weight excluding hydrogens is 635 g/mol. The van der Waals surface area contributed by atoms with Gasteiger partial charge < -0.3 is 9.30 Å². The van der Waals surface area contributed by atoms with Gasteiger partial charge in [0.1, 0.15) is 11.5 Å². The number of aromatic nitrogens is 3. The molecule has 2 aromatic heterocycles. The fourth-order valence-corrected chi connectivity index (χ4v) is 8.32. The molecule has 6 aromatic rings. The van der Waals surface area contributed by atoms with Gasteiger partial charge in [-0.25, -0.2) is 9.97 Å². The van der Waals surface area contributed by atoms with E-state index in [2.05, 4.69) is 138 Å². The van der Waals surface area contributed by atoms with Gasteiger partial charge in [-0.1, -0.05) is 78.9 Å². The van der Waals surface area contributed by atoms with Crippen molar-refractivity contribution in [1.29, 1.82) is 0 Å². The summed E-state index contributed by atoms with van der Waals surface area (Å²) in [5, 5.41) is 0. The maximum atomic E-state index is 6.74. The normalized spacial score (nSPS) is 15.6. The van der Waals surface area contributed by atoms with Gasteiger partial charge in [0.25, 0.3) is 0 Å². The summed E-state index contributed by atoms with van der Waals surface area (Å²) in [6.45, 7) is 0. The van der Waals surface area contributed by atoms with E-state index in [4.69, 9.17) is 14.7 Å². The highest BCUT2D eigenvalue weighted by atomic mass is 16.5. The van der Waals surface area contributed by atoms with E-state index < -0.39 is 0 Å². The summed E-state index contributed by atoms with van der Waals surface area (Å²) < 4.78 is 9.32. The van der Waals surface area contributed by atoms with Crippen molar-refractivity contribution >= 4 is 11.1 Å². The van der Waals surface area contributed by atoms with Gasteiger partial charge in [0.2, 0.25) is 0 Å². The first-order chi connectivity index (χ1) is 25.8. The summed E-state index contributed by atoms with van der Waals surface area (Å²) in [6.07, 6.45) is 17.9. The Morgan fingerprint density at radius 1 is 0.692 bits per heavy atom. The van der Waals surface area contributed by atoms with E-state index in [1.807, 2.05) is 12.1 Å². The maximum absolute atomic E-state index is 6.74. The van der Waals surface area contributed by atoms with Gasteiger partial charge in [-0.05, 0) is 121 Å². The van der Waals surface area contributed by atoms with E-state index >= 15 is 0 Å². The number of benzene rings is 4. The third-order valence-corrected chi connectivity index (χ3v) is 10.7. The van der Waals surface area contributed by atoms with Gasteiger partial charge in [0.15, 0.2) is 5.82 Å². The lowest BCUT2D eigenvalue weighted by atomic mass is 9.87. The third kappa shape index (κ3) is 5.31. The van der Waals surface area contributed by atoms with Crippen molar-refractivity contribution in [3.63, 3.8) is 0 Å². The Hall–Kier alpha value is -6.22. The minimum absolute atomic E-state index is 0.724. The molecule has 0 fully saturated rings. The molecule has 0 spiro atoms. The summed E-state index contributed by atoms with van der Waals surface area (Å²) in [7, 11) is 0. The van der Waals surface area contributed by atoms with E-state index in [1.54, 1.807) is 0 Å². The van der Waals surface area contributed by atoms with E-state index in [0.717, 1.165) is 94.3 Å². The smallest absolute Gasteiger partial charge is 0.160 e. The molecule has 1 aliphatic heterocycles. The zero-order valence-electron chi connectivity index (χ0n) is 29.0. The molecule has 4 nitrogen and oxygen atoms in total. The molecule has 0 amide bonds. The van der Waals surface area contributed by atoms with Crippen LogP contribution < -0.4 is 4.74 Å². The van der Waals surface area contributed by atoms with Crippen LogP contribution in [0.15, 0.2) is 151 Å². The van der Waals surface area contributed by atoms with Crippen molar-refractivity contribution in [3.05, 3.63) is 174 Å². The average molecular weight is 672 g/mol. The summed E-state index contributed by atoms with van der Waals surface area (Å²) in [5.41, 5.74) is 19.8. The zero-order valence-corrected chi connectivity index (χ0v) is 29.0. The molecule has 4 heteroatoms. The molecule has 0 unspecified atom stereocenters. The Morgan fingerprint density at radius 3 is 2.31 bits per heavy atom. The number of nitrogens with zero attached hydrogens (tertiary/aromatic N) is 3. The predicted molar refractivity (Wildman–Crippen MR) is 211 cm³/mol. The second-order valence-electron chi connectivity index (χ2n) is 14.0. The number of para-hydroxylation sites is 1. The number of hydrogen-bond acceptors (Lipinski definition) is 3. The van der Waals surface area contributed by atoms with Crippen LogP contribution in [0.25, 0.3) is 61.9 Å². The number of ether oxygens (including phenoxy) is 1. The molecule has 250 valence electrons. The number of fused-ring (bicyclic) bond motifs is 6. The molecule has 3 heterocycles. The highest BCUT2D eigenvalue weighted by Crippen LogP contribution is 2.50. The fourth-order valence-electron chi connectivity index (χ4n) is 8.32. The second-order valence-corrected chi connectivity index (χ2v) is 14.0. The largest absolute Gasteiger partial charge is 0.456 e. The Balaban J connectivity index is 1.26. The molecule has 3 aliphatic carbocycles. The third-order valence-electron chi connectivity index (χ3n) is 10.7. The molecule has 0 atom stereocenters. The summed E-state index contributed by atoms with van der Waals surface area (Å²) in [4.78, 5) is 10.4. The molecule has 10 rings (SSSR count). The molecule has 0 saturated heterocycles. The Bertz CT molecular complexity index is 2540. The molecule has 0 radical (unpaired) electrons. The predicted octanol–water partition coefficient (Wildman–Crippen LogP) is 11.8. The van der Waals surface area contributed by atoms with Gasteiger partial charge in [-0.3, -0.25) is 0 Å². The molecule has 4 aliphatic rings. The standard InChI is InChI=1S/C48H37N3O/c1-4-16-32(17-5-1)35-28-36(42-31-41(33-18-6-2-7-19-33)49-48(50-42)34-20-8-3-9-21-34)30-37(29-35)51-43-25-13-10-22-38(43)46-39-23-11-14-26-44(39)52-45-27-15-12-24-40(45)47(46)51/h1,3-9,12,14-18,20-21,24,26-31H,10-11,13,19,22-23,25H2. The van der Waals surface area contributed by atoms with E-state index in [-0.39, 0.29) is 0 Å². The topological polar surface area (TPSA) is 39.9 Å². The van der Waals surface area contributed by atoms with Crippen LogP contribution in [-0.2, 0) is 12.8 Å². The molecular formula is C48H37N3O. The van der Waals surface area contributed by atoms with Crippen LogP contribution in [0.1, 0.15) is 54.6 Å². The van der Waals surface area contributed by atoms with Gasteiger partial charge in [-0.15, -0.1) is 5.73 Å². The average Bonchev–Trinajstić information content (AvgIpc) is 3.49. The van der Waals surface area contributed by atoms with Crippen LogP contribution in [0.3, 0.4) is 0 Å². The van der Waals surface area contributed by atoms with Crippen molar-refractivity contribution in [3.8, 4) is 56.5 Å². The first-order valence-electron chi connectivity index (χ1n) is 18.5. The lowest BCUT2D eigenvalue weighted by molar-refractivity contribution is 0.446. The molecule has 0 bridgehead atoms. The van der Waals surface area contributed by atoms with Gasteiger partial charge in [-0.2, -0.15) is 0 Å². The minimum Gasteiger partial charge on any atom is -0.456 e. The van der Waals surface area contributed by atoms with Crippen LogP contribution in [0, 0.1) is 0 Å². The Kier molecular flexibility index (Phi) is 7.55. The highest BCUT2D eigenvalue weighted by Gasteiger charge is 2.33. The van der Waals surface area contributed by atoms with E-state index in [0.29, 0.717) is 0 Å². The van der Waals surface area contributed by atoms with Crippen molar-refractivity contribution in [2.45, 2.75) is 44.9 Å². The molecule has 0 N–H and O–H groups in total. The highest BCUT2D eigenvalue weighted by molar-refractivity contribution is 5.91. The summed E-state index contributed by atoms with van der Waals surface area (Å²) in [6, 6.07) is 38.8. The Labute approximate surface area is 304 Å². The lowest BCUT2D eigenvalue weighted by Gasteiger charge is -2.21. The van der Waals surface area contributed by atoms with Gasteiger partial charge >= 0.3 is 0 Å². The first-order valence-corrected chi connectivity index (χ1v) is 18.5. The number of hydrogen-bond donors (Lipinski definition) is 0. The van der Waals surface area contributed by atoms with E-state index in [9.17, 15) is 0 Å². The van der Waals surface area contributed by atoms with Crippen molar-refractivity contribution in [1.82, 2.24) is 14.5 Å². The SMILES string of the molecule is C1=CC=C(c2cc(-c3cc(-c4ccccc4)cc(-n4c5c(c6c4-c4ccccc4OC4=C6CCC=C4)CCCC5)c3)nc(-c3ccccc3)n2)CC=1. The van der Waals surface area contributed by atoms with Crippen molar-refractivity contribution in [2.75, 3.05) is 0 Å². The van der Waals surface area contributed by atoms with Crippen LogP contribution in [0.5, 0.6) is 5.75 Å². The lowest BCUT2D eigenvalue weighted by Crippen LogP contribution is -2.09. The first kappa shape index (κ1) is 30.6. The quantitative estimate of drug-likeness (QED) is 0.171. The minimum atomic E-state index is 0.724. The zero-order chi connectivity index (χ0) is 34.4. The van der Waals surface area contributed by atoms with Crippen molar-refractivity contribution in [2.24, 2.45) is 0 Å². The molecule has 0 saturated carbocycles. The number of allylic oxidation sites excluding steroid dienone is 6. The van der Waals surface area contributed by atoms with Gasteiger partial charge in [0, 0.05) is 45.6 Å². The summed E-state index contributed by atoms with van der Waals surface area (Å²) in [5.74, 6) is 2.63.